The molecule has 0 aromatic heterocycles. The lowest BCUT2D eigenvalue weighted by Gasteiger charge is -2.23. The summed E-state index contributed by atoms with van der Waals surface area (Å²) in [5.41, 5.74) is -1.50. The van der Waals surface area contributed by atoms with Crippen molar-refractivity contribution in [2.75, 3.05) is 13.2 Å². The van der Waals surface area contributed by atoms with Crippen LogP contribution in [-0.2, 0) is 8.92 Å². The molecule has 0 aliphatic heterocycles. The zero-order chi connectivity index (χ0) is 18.1. The van der Waals surface area contributed by atoms with Gasteiger partial charge in [0.25, 0.3) is 0 Å². The van der Waals surface area contributed by atoms with Crippen molar-refractivity contribution in [1.82, 2.24) is 5.32 Å². The summed E-state index contributed by atoms with van der Waals surface area (Å²) in [7, 11) is 1.23. The molecule has 0 heterocycles. The van der Waals surface area contributed by atoms with Gasteiger partial charge in [0.15, 0.2) is 0 Å². The van der Waals surface area contributed by atoms with E-state index in [1.54, 1.807) is 34.6 Å². The molecule has 0 fully saturated rings. The number of rotatable bonds is 10. The number of nitrogens with zero attached hydrogens (tertiary/aromatic N) is 1. The molecular formula is C14H27IN2O5S. The molecule has 0 aromatic rings. The van der Waals surface area contributed by atoms with Crippen molar-refractivity contribution in [2.24, 2.45) is 5.92 Å². The molecule has 0 bridgehead atoms. The molecule has 0 rings (SSSR count). The highest BCUT2D eigenvalue weighted by Crippen LogP contribution is 2.25. The molecule has 9 heteroatoms. The van der Waals surface area contributed by atoms with Crippen molar-refractivity contribution in [3.63, 3.8) is 0 Å². The molecule has 0 aliphatic carbocycles. The van der Waals surface area contributed by atoms with Gasteiger partial charge in [0.2, 0.25) is 5.54 Å². The van der Waals surface area contributed by atoms with E-state index in [9.17, 15) is 14.9 Å². The maximum Gasteiger partial charge on any atom is 0.407 e. The molecule has 0 saturated carbocycles. The van der Waals surface area contributed by atoms with Crippen LogP contribution >= 0.6 is 30.4 Å². The van der Waals surface area contributed by atoms with Crippen LogP contribution in [0.5, 0.6) is 0 Å². The predicted octanol–water partition coefficient (Wildman–Crippen LogP) is 4.37. The number of ether oxygens (including phenoxy) is 1. The van der Waals surface area contributed by atoms with Gasteiger partial charge in [-0.05, 0) is 39.5 Å². The monoisotopic (exact) mass is 462 g/mol. The molecule has 1 amide bonds. The zero-order valence-electron chi connectivity index (χ0n) is 14.4. The van der Waals surface area contributed by atoms with Gasteiger partial charge in [-0.1, -0.05) is 0 Å². The van der Waals surface area contributed by atoms with Gasteiger partial charge in [-0.2, -0.15) is 0 Å². The Kier molecular flexibility index (Phi) is 10.4. The lowest BCUT2D eigenvalue weighted by molar-refractivity contribution is -0.563. The summed E-state index contributed by atoms with van der Waals surface area (Å²) in [5, 5.41) is 13.8. The van der Waals surface area contributed by atoms with Crippen molar-refractivity contribution in [3.05, 3.63) is 10.1 Å². The molecule has 1 N–H and O–H groups in total. The topological polar surface area (TPSA) is 90.7 Å². The first-order valence-corrected chi connectivity index (χ1v) is 10.8. The van der Waals surface area contributed by atoms with Gasteiger partial charge < -0.3 is 14.2 Å². The molecule has 23 heavy (non-hydrogen) atoms. The van der Waals surface area contributed by atoms with Crippen LogP contribution in [0, 0.1) is 16.0 Å². The van der Waals surface area contributed by atoms with E-state index in [0.29, 0.717) is 26.0 Å². The molecule has 136 valence electrons. The fourth-order valence-corrected chi connectivity index (χ4v) is 2.73. The van der Waals surface area contributed by atoms with Gasteiger partial charge in [-0.25, -0.2) is 4.79 Å². The van der Waals surface area contributed by atoms with Crippen LogP contribution in [-0.4, -0.2) is 35.3 Å². The summed E-state index contributed by atoms with van der Waals surface area (Å²) in [4.78, 5) is 22.4. The van der Waals surface area contributed by atoms with Gasteiger partial charge >= 0.3 is 6.09 Å². The highest BCUT2D eigenvalue weighted by molar-refractivity contribution is 14.2. The Labute approximate surface area is 154 Å². The Morgan fingerprint density at radius 3 is 2.43 bits per heavy atom. The molecule has 7 nitrogen and oxygen atoms in total. The number of nitro groups is 1. The van der Waals surface area contributed by atoms with Crippen LogP contribution in [0.25, 0.3) is 0 Å². The summed E-state index contributed by atoms with van der Waals surface area (Å²) in [6, 6.07) is 0. The second-order valence-corrected chi connectivity index (χ2v) is 8.50. The van der Waals surface area contributed by atoms with Gasteiger partial charge in [-0.3, -0.25) is 10.1 Å². The lowest BCUT2D eigenvalue weighted by Crippen LogP contribution is -2.35. The van der Waals surface area contributed by atoms with Crippen LogP contribution in [0.2, 0.25) is 0 Å². The van der Waals surface area contributed by atoms with E-state index in [0.717, 1.165) is 6.42 Å². The Bertz CT molecular complexity index is 388. The number of nitrogens with one attached hydrogen (secondary N) is 1. The van der Waals surface area contributed by atoms with Crippen LogP contribution < -0.4 is 5.32 Å². The average Bonchev–Trinajstić information content (AvgIpc) is 2.38. The number of hydrogen-bond acceptors (Lipinski definition) is 6. The molecule has 0 saturated heterocycles. The standard InChI is InChI=1S/C14H27IN2O5S/c1-13(2,3)22-12(18)16-8-6-7-11(10-21-23-15)9-14(4,5)17(19)20/h11H,6-10H2,1-5H3,(H,16,18). The fraction of sp³-hybridized carbons (Fsp3) is 0.929. The Balaban J connectivity index is 4.25. The normalized spacial score (nSPS) is 13.5. The Hall–Kier alpha value is -0.290. The zero-order valence-corrected chi connectivity index (χ0v) is 17.4. The minimum absolute atomic E-state index is 0.0677. The van der Waals surface area contributed by atoms with Crippen LogP contribution in [0.3, 0.4) is 0 Å². The number of carbonyl (C=O) groups excluding carboxylic acids is 1. The van der Waals surface area contributed by atoms with Crippen molar-refractivity contribution in [1.29, 1.82) is 0 Å². The maximum absolute atomic E-state index is 11.5. The first-order valence-electron chi connectivity index (χ1n) is 7.49. The SMILES string of the molecule is CC(C)(C)OC(=O)NCCCC(COSI)CC(C)(C)[N+](=O)[O-]. The first kappa shape index (κ1) is 22.7. The van der Waals surface area contributed by atoms with Crippen LogP contribution in [0.4, 0.5) is 4.79 Å². The van der Waals surface area contributed by atoms with E-state index >= 15 is 0 Å². The summed E-state index contributed by atoms with van der Waals surface area (Å²) < 4.78 is 10.5. The molecule has 0 radical (unpaired) electrons. The number of halogens is 1. The van der Waals surface area contributed by atoms with Gasteiger partial charge in [-0.15, -0.1) is 0 Å². The maximum atomic E-state index is 11.5. The minimum Gasteiger partial charge on any atom is -0.444 e. The molecule has 1 unspecified atom stereocenters. The molecule has 0 aliphatic rings. The van der Waals surface area contributed by atoms with Gasteiger partial charge in [0.1, 0.15) is 5.60 Å². The first-order chi connectivity index (χ1) is 10.5. The van der Waals surface area contributed by atoms with Crippen molar-refractivity contribution in [2.45, 2.75) is 65.0 Å². The van der Waals surface area contributed by atoms with Crippen molar-refractivity contribution in [3.8, 4) is 0 Å². The largest absolute Gasteiger partial charge is 0.444 e. The second kappa shape index (κ2) is 10.5. The summed E-state index contributed by atoms with van der Waals surface area (Å²) in [5.74, 6) is 0.0677. The molecular weight excluding hydrogens is 435 g/mol. The lowest BCUT2D eigenvalue weighted by atomic mass is 9.88. The summed E-state index contributed by atoms with van der Waals surface area (Å²) in [6.07, 6.45) is 1.44. The van der Waals surface area contributed by atoms with E-state index in [4.69, 9.17) is 8.92 Å². The van der Waals surface area contributed by atoms with Gasteiger partial charge in [0.05, 0.1) is 15.8 Å². The number of carbonyl (C=O) groups is 1. The third-order valence-electron chi connectivity index (χ3n) is 3.09. The smallest absolute Gasteiger partial charge is 0.407 e. The van der Waals surface area contributed by atoms with E-state index in [2.05, 4.69) is 5.32 Å². The average molecular weight is 462 g/mol. The van der Waals surface area contributed by atoms with Gasteiger partial charge in [0, 0.05) is 52.9 Å². The third-order valence-corrected chi connectivity index (χ3v) is 4.08. The fourth-order valence-electron chi connectivity index (χ4n) is 2.04. The summed E-state index contributed by atoms with van der Waals surface area (Å²) >= 11 is 2.02. The molecule has 0 spiro atoms. The van der Waals surface area contributed by atoms with E-state index in [1.807, 2.05) is 21.2 Å². The second-order valence-electron chi connectivity index (χ2n) is 7.06. The van der Waals surface area contributed by atoms with Crippen molar-refractivity contribution >= 4 is 36.5 Å². The quantitative estimate of drug-likeness (QED) is 0.171. The van der Waals surface area contributed by atoms with Crippen LogP contribution in [0.15, 0.2) is 0 Å². The molecule has 0 aromatic carbocycles. The summed E-state index contributed by atoms with van der Waals surface area (Å²) in [6.45, 7) is 9.59. The number of hydrogen-bond donors (Lipinski definition) is 1. The van der Waals surface area contributed by atoms with Crippen LogP contribution in [0.1, 0.15) is 53.9 Å². The van der Waals surface area contributed by atoms with E-state index in [1.165, 1.54) is 9.21 Å². The predicted molar refractivity (Wildman–Crippen MR) is 100 cm³/mol. The number of alkyl carbamates (subject to hydrolysis) is 1. The third kappa shape index (κ3) is 11.8. The Morgan fingerprint density at radius 2 is 1.96 bits per heavy atom. The van der Waals surface area contributed by atoms with E-state index < -0.39 is 17.2 Å². The Morgan fingerprint density at radius 1 is 1.35 bits per heavy atom. The minimum atomic E-state index is -0.984. The van der Waals surface area contributed by atoms with E-state index in [-0.39, 0.29) is 10.8 Å². The highest BCUT2D eigenvalue weighted by Gasteiger charge is 2.34. The number of amides is 1. The van der Waals surface area contributed by atoms with Crippen molar-refractivity contribution < 1.29 is 18.6 Å². The highest BCUT2D eigenvalue weighted by atomic mass is 127. The molecule has 1 atom stereocenters.